The van der Waals surface area contributed by atoms with Crippen molar-refractivity contribution >= 4 is 61.4 Å². The van der Waals surface area contributed by atoms with Crippen molar-refractivity contribution in [3.8, 4) is 0 Å². The number of fused-ring (bicyclic) bond motifs is 1. The first-order valence-corrected chi connectivity index (χ1v) is 12.5. The number of thioether (sulfide) groups is 1. The third-order valence-electron chi connectivity index (χ3n) is 4.94. The number of carbonyl (C=O) groups is 1. The zero-order valence-electron chi connectivity index (χ0n) is 17.6. The first-order chi connectivity index (χ1) is 14.8. The topological polar surface area (TPSA) is 79.0 Å². The van der Waals surface area contributed by atoms with Crippen LogP contribution < -0.4 is 10.5 Å². The maximum Gasteiger partial charge on any atom is 0.259 e. The molecule has 0 saturated carbocycles. The van der Waals surface area contributed by atoms with Crippen molar-refractivity contribution in [1.29, 1.82) is 0 Å². The van der Waals surface area contributed by atoms with Crippen molar-refractivity contribution in [2.45, 2.75) is 38.7 Å². The van der Waals surface area contributed by atoms with E-state index in [2.05, 4.69) is 15.0 Å². The van der Waals surface area contributed by atoms with Crippen LogP contribution in [0.1, 0.15) is 28.9 Å². The van der Waals surface area contributed by atoms with E-state index in [1.807, 2.05) is 63.4 Å². The predicted octanol–water partition coefficient (Wildman–Crippen LogP) is 5.35. The molecule has 31 heavy (non-hydrogen) atoms. The third-order valence-corrected chi connectivity index (χ3v) is 8.13. The van der Waals surface area contributed by atoms with Gasteiger partial charge in [-0.1, -0.05) is 18.2 Å². The van der Waals surface area contributed by atoms with Crippen LogP contribution in [0.25, 0.3) is 10.2 Å². The normalized spacial score (nSPS) is 12.3. The van der Waals surface area contributed by atoms with Crippen LogP contribution in [0.2, 0.25) is 0 Å². The summed E-state index contributed by atoms with van der Waals surface area (Å²) in [6.07, 6.45) is 0. The summed E-state index contributed by atoms with van der Waals surface area (Å²) in [5, 5.41) is 2.90. The molecule has 3 heterocycles. The summed E-state index contributed by atoms with van der Waals surface area (Å²) in [7, 11) is 0. The smallest absolute Gasteiger partial charge is 0.259 e. The van der Waals surface area contributed by atoms with Crippen LogP contribution in [0.15, 0.2) is 40.5 Å². The fraction of sp³-hybridized carbons (Fsp3) is 0.273. The molecule has 9 heteroatoms. The Bertz CT molecular complexity index is 1290. The van der Waals surface area contributed by atoms with Gasteiger partial charge >= 0.3 is 0 Å². The van der Waals surface area contributed by atoms with Crippen LogP contribution in [0.3, 0.4) is 0 Å². The first kappa shape index (κ1) is 21.7. The number of benzene rings is 1. The van der Waals surface area contributed by atoms with Gasteiger partial charge in [0, 0.05) is 10.3 Å². The number of thiazole rings is 1. The molecule has 4 rings (SSSR count). The Hall–Kier alpha value is -2.49. The number of thiophene rings is 1. The van der Waals surface area contributed by atoms with Gasteiger partial charge < -0.3 is 4.98 Å². The van der Waals surface area contributed by atoms with E-state index in [4.69, 9.17) is 0 Å². The molecule has 0 radical (unpaired) electrons. The second-order valence-corrected chi connectivity index (χ2v) is 10.6. The minimum absolute atomic E-state index is 0.0585. The van der Waals surface area contributed by atoms with E-state index < -0.39 is 0 Å². The highest BCUT2D eigenvalue weighted by Gasteiger charge is 2.26. The number of nitrogens with zero attached hydrogens (tertiary/aromatic N) is 3. The fourth-order valence-electron chi connectivity index (χ4n) is 3.18. The Balaban J connectivity index is 1.55. The van der Waals surface area contributed by atoms with E-state index in [9.17, 15) is 9.59 Å². The number of para-hydroxylation sites is 1. The molecule has 0 aliphatic rings. The second kappa shape index (κ2) is 8.94. The van der Waals surface area contributed by atoms with Gasteiger partial charge in [-0.3, -0.25) is 14.5 Å². The van der Waals surface area contributed by atoms with Crippen LogP contribution in [0.5, 0.6) is 0 Å². The summed E-state index contributed by atoms with van der Waals surface area (Å²) in [5.41, 5.74) is 2.52. The van der Waals surface area contributed by atoms with Crippen molar-refractivity contribution in [3.05, 3.63) is 68.0 Å². The zero-order valence-corrected chi connectivity index (χ0v) is 20.1. The van der Waals surface area contributed by atoms with Crippen molar-refractivity contribution < 1.29 is 4.79 Å². The van der Waals surface area contributed by atoms with Crippen LogP contribution in [-0.4, -0.2) is 26.1 Å². The summed E-state index contributed by atoms with van der Waals surface area (Å²) in [6.45, 7) is 7.73. The molecule has 0 aliphatic heterocycles. The molecule has 0 bridgehead atoms. The summed E-state index contributed by atoms with van der Waals surface area (Å²) in [6, 6.07) is 9.54. The molecule has 1 N–H and O–H groups in total. The Morgan fingerprint density at radius 1 is 1.19 bits per heavy atom. The van der Waals surface area contributed by atoms with Gasteiger partial charge in [-0.25, -0.2) is 9.97 Å². The molecule has 4 aromatic rings. The number of rotatable bonds is 6. The summed E-state index contributed by atoms with van der Waals surface area (Å²) < 4.78 is 0. The van der Waals surface area contributed by atoms with Crippen molar-refractivity contribution in [1.82, 2.24) is 15.0 Å². The van der Waals surface area contributed by atoms with E-state index in [0.29, 0.717) is 22.1 Å². The SMILES string of the molecule is Cc1csc(N(C(=O)C(C)SCc2nc3sc(C)c(C)c3c(=O)[nH]2)c2ccccc2)n1. The van der Waals surface area contributed by atoms with Crippen molar-refractivity contribution in [3.63, 3.8) is 0 Å². The number of aryl methyl sites for hydroxylation is 3. The fourth-order valence-corrected chi connectivity index (χ4v) is 5.85. The number of nitrogens with one attached hydrogen (secondary N) is 1. The molecular formula is C22H22N4O2S3. The van der Waals surface area contributed by atoms with E-state index >= 15 is 0 Å². The number of carbonyl (C=O) groups excluding carboxylic acids is 1. The molecule has 3 aromatic heterocycles. The molecular weight excluding hydrogens is 448 g/mol. The van der Waals surface area contributed by atoms with Gasteiger partial charge in [0.15, 0.2) is 5.13 Å². The van der Waals surface area contributed by atoms with E-state index in [0.717, 1.165) is 26.7 Å². The second-order valence-electron chi connectivity index (χ2n) is 7.21. The average molecular weight is 471 g/mol. The highest BCUT2D eigenvalue weighted by molar-refractivity contribution is 7.99. The number of anilines is 2. The number of aromatic nitrogens is 3. The molecule has 0 saturated heterocycles. The molecule has 1 atom stereocenters. The summed E-state index contributed by atoms with van der Waals surface area (Å²) >= 11 is 4.42. The van der Waals surface area contributed by atoms with Gasteiger partial charge in [-0.05, 0) is 45.4 Å². The lowest BCUT2D eigenvalue weighted by molar-refractivity contribution is -0.117. The van der Waals surface area contributed by atoms with Crippen LogP contribution >= 0.6 is 34.4 Å². The molecule has 1 amide bonds. The molecule has 1 unspecified atom stereocenters. The first-order valence-electron chi connectivity index (χ1n) is 9.76. The third kappa shape index (κ3) is 4.44. The van der Waals surface area contributed by atoms with E-state index in [1.54, 1.807) is 4.90 Å². The summed E-state index contributed by atoms with van der Waals surface area (Å²) in [5.74, 6) is 0.963. The number of aromatic amines is 1. The number of amides is 1. The lowest BCUT2D eigenvalue weighted by Crippen LogP contribution is -2.33. The summed E-state index contributed by atoms with van der Waals surface area (Å²) in [4.78, 5) is 41.4. The Morgan fingerprint density at radius 2 is 1.94 bits per heavy atom. The lowest BCUT2D eigenvalue weighted by Gasteiger charge is -2.23. The van der Waals surface area contributed by atoms with E-state index in [-0.39, 0.29) is 16.7 Å². The van der Waals surface area contributed by atoms with Crippen LogP contribution in [0.4, 0.5) is 10.8 Å². The largest absolute Gasteiger partial charge is 0.309 e. The molecule has 6 nitrogen and oxygen atoms in total. The minimum Gasteiger partial charge on any atom is -0.309 e. The van der Waals surface area contributed by atoms with Gasteiger partial charge in [-0.2, -0.15) is 0 Å². The average Bonchev–Trinajstić information content (AvgIpc) is 3.30. The van der Waals surface area contributed by atoms with Gasteiger partial charge in [0.25, 0.3) is 5.56 Å². The number of hydrogen-bond donors (Lipinski definition) is 1. The van der Waals surface area contributed by atoms with Gasteiger partial charge in [0.1, 0.15) is 10.7 Å². The molecule has 0 fully saturated rings. The maximum atomic E-state index is 13.4. The van der Waals surface area contributed by atoms with Crippen molar-refractivity contribution in [2.75, 3.05) is 4.90 Å². The van der Waals surface area contributed by atoms with Crippen LogP contribution in [0, 0.1) is 20.8 Å². The van der Waals surface area contributed by atoms with Gasteiger partial charge in [0.2, 0.25) is 5.91 Å². The van der Waals surface area contributed by atoms with Gasteiger partial charge in [0.05, 0.1) is 27.8 Å². The standard InChI is InChI=1S/C22H22N4O2S3/c1-12-10-30-22(23-12)26(16-8-6-5-7-9-16)21(28)15(4)29-11-17-24-19(27)18-13(2)14(3)31-20(18)25-17/h5-10,15H,11H2,1-4H3,(H,24,25,27). The Morgan fingerprint density at radius 3 is 2.61 bits per heavy atom. The van der Waals surface area contributed by atoms with Gasteiger partial charge in [-0.15, -0.1) is 34.4 Å². The van der Waals surface area contributed by atoms with E-state index in [1.165, 1.54) is 34.4 Å². The molecule has 160 valence electrons. The monoisotopic (exact) mass is 470 g/mol. The molecule has 1 aromatic carbocycles. The highest BCUT2D eigenvalue weighted by Crippen LogP contribution is 2.32. The Labute approximate surface area is 192 Å². The highest BCUT2D eigenvalue weighted by atomic mass is 32.2. The maximum absolute atomic E-state index is 13.4. The Kier molecular flexibility index (Phi) is 6.27. The number of hydrogen-bond acceptors (Lipinski definition) is 7. The molecule has 0 spiro atoms. The van der Waals surface area contributed by atoms with Crippen molar-refractivity contribution in [2.24, 2.45) is 0 Å². The minimum atomic E-state index is -0.350. The lowest BCUT2D eigenvalue weighted by atomic mass is 10.2. The zero-order chi connectivity index (χ0) is 22.1. The van der Waals surface area contributed by atoms with Crippen LogP contribution in [-0.2, 0) is 10.5 Å². The molecule has 0 aliphatic carbocycles. The number of H-pyrrole nitrogens is 1. The predicted molar refractivity (Wildman–Crippen MR) is 131 cm³/mol. The quantitative estimate of drug-likeness (QED) is 0.411.